The van der Waals surface area contributed by atoms with Crippen LogP contribution in [0.4, 0.5) is 4.79 Å². The number of carbonyl (C=O) groups is 3. The molecule has 2 saturated heterocycles. The lowest BCUT2D eigenvalue weighted by molar-refractivity contribution is -0.137. The zero-order chi connectivity index (χ0) is 45.5. The molecule has 0 radical (unpaired) electrons. The summed E-state index contributed by atoms with van der Waals surface area (Å²) in [5, 5.41) is 17.2. The SMILES string of the molecule is COC[C@H]1C[C@@H](C2NC=C(C3C=C4OCc5cc(C6CN=C([C@@H]7CC[C@H](C)N7C(=O)[C@@H](NC(=O)OC)C(C)C)N6)cc6c5C4=C(CO6)C3)N2)N(C(=O)[C@H](NC(C)OC)c2ccccc2)C1. The number of allylic oxidation sites excluding steroid dienone is 2. The minimum Gasteiger partial charge on any atom is -0.489 e. The predicted molar refractivity (Wildman–Crippen MR) is 244 cm³/mol. The number of amidine groups is 1. The molecule has 2 fully saturated rings. The molecule has 5 N–H and O–H groups in total. The van der Waals surface area contributed by atoms with Gasteiger partial charge in [-0.15, -0.1) is 0 Å². The van der Waals surface area contributed by atoms with Crippen LogP contribution in [0.1, 0.15) is 87.7 Å². The zero-order valence-corrected chi connectivity index (χ0v) is 38.5. The number of benzene rings is 2. The summed E-state index contributed by atoms with van der Waals surface area (Å²) in [4.78, 5) is 49.5. The van der Waals surface area contributed by atoms with E-state index in [0.29, 0.717) is 32.9 Å². The molecule has 16 nitrogen and oxygen atoms in total. The van der Waals surface area contributed by atoms with Crippen molar-refractivity contribution in [3.8, 4) is 5.75 Å². The largest absolute Gasteiger partial charge is 0.489 e. The fourth-order valence-electron chi connectivity index (χ4n) is 10.9. The van der Waals surface area contributed by atoms with Crippen molar-refractivity contribution in [2.24, 2.45) is 22.7 Å². The maximum atomic E-state index is 14.5. The van der Waals surface area contributed by atoms with Crippen LogP contribution in [-0.4, -0.2) is 118 Å². The highest BCUT2D eigenvalue weighted by Gasteiger charge is 2.46. The summed E-state index contributed by atoms with van der Waals surface area (Å²) in [5.41, 5.74) is 7.52. The summed E-state index contributed by atoms with van der Waals surface area (Å²) in [7, 11) is 4.66. The Bertz CT molecular complexity index is 2280. The van der Waals surface area contributed by atoms with Gasteiger partial charge in [0.05, 0.1) is 38.4 Å². The van der Waals surface area contributed by atoms with Crippen LogP contribution in [0.5, 0.6) is 5.75 Å². The molecule has 0 aromatic heterocycles. The van der Waals surface area contributed by atoms with E-state index in [0.717, 1.165) is 76.6 Å². The maximum Gasteiger partial charge on any atom is 0.407 e. The number of hydrogen-bond acceptors (Lipinski definition) is 13. The van der Waals surface area contributed by atoms with Crippen LogP contribution in [-0.2, 0) is 35.1 Å². The summed E-state index contributed by atoms with van der Waals surface area (Å²) >= 11 is 0. The molecule has 16 heteroatoms. The minimum atomic E-state index is -0.705. The molecular weight excluding hydrogens is 829 g/mol. The molecule has 6 heterocycles. The normalized spacial score (nSPS) is 27.8. The molecule has 0 spiro atoms. The molecular formula is C49H64N8O8. The molecule has 2 aromatic carbocycles. The first-order chi connectivity index (χ1) is 31.5. The van der Waals surface area contributed by atoms with Gasteiger partial charge in [0, 0.05) is 67.2 Å². The Balaban J connectivity index is 0.877. The van der Waals surface area contributed by atoms with Crippen molar-refractivity contribution in [1.82, 2.24) is 36.4 Å². The van der Waals surface area contributed by atoms with Gasteiger partial charge in [-0.2, -0.15) is 0 Å². The van der Waals surface area contributed by atoms with E-state index < -0.39 is 18.2 Å². The van der Waals surface area contributed by atoms with Crippen LogP contribution >= 0.6 is 0 Å². The van der Waals surface area contributed by atoms with E-state index in [2.05, 4.69) is 57.9 Å². The highest BCUT2D eigenvalue weighted by atomic mass is 16.5. The van der Waals surface area contributed by atoms with Crippen molar-refractivity contribution in [1.29, 1.82) is 0 Å². The summed E-state index contributed by atoms with van der Waals surface area (Å²) < 4.78 is 29.2. The van der Waals surface area contributed by atoms with Crippen molar-refractivity contribution < 1.29 is 38.1 Å². The Morgan fingerprint density at radius 2 is 1.82 bits per heavy atom. The number of alkyl carbamates (subject to hydrolysis) is 1. The van der Waals surface area contributed by atoms with Gasteiger partial charge in [-0.3, -0.25) is 19.9 Å². The number of aliphatic imine (C=N–C) groups is 1. The Labute approximate surface area is 381 Å². The van der Waals surface area contributed by atoms with Crippen molar-refractivity contribution in [3.63, 3.8) is 0 Å². The van der Waals surface area contributed by atoms with Crippen molar-refractivity contribution in [3.05, 3.63) is 94.0 Å². The first-order valence-electron chi connectivity index (χ1n) is 23.2. The Kier molecular flexibility index (Phi) is 12.9. The Hall–Kier alpha value is -5.58. The van der Waals surface area contributed by atoms with E-state index in [-0.39, 0.29) is 66.1 Å². The average molecular weight is 893 g/mol. The summed E-state index contributed by atoms with van der Waals surface area (Å²) in [6.45, 7) is 10.4. The van der Waals surface area contributed by atoms with Gasteiger partial charge in [-0.1, -0.05) is 44.2 Å². The second-order valence-electron chi connectivity index (χ2n) is 18.8. The number of methoxy groups -OCH3 is 3. The van der Waals surface area contributed by atoms with E-state index in [1.807, 2.05) is 60.9 Å². The summed E-state index contributed by atoms with van der Waals surface area (Å²) in [6.07, 6.45) is 6.37. The molecule has 3 amide bonds. The van der Waals surface area contributed by atoms with Gasteiger partial charge in [-0.25, -0.2) is 4.79 Å². The van der Waals surface area contributed by atoms with Gasteiger partial charge in [0.25, 0.3) is 0 Å². The van der Waals surface area contributed by atoms with Crippen LogP contribution in [0.2, 0.25) is 0 Å². The fraction of sp³-hybridized carbons (Fsp3) is 0.551. The van der Waals surface area contributed by atoms with Gasteiger partial charge in [0.2, 0.25) is 11.8 Å². The third-order valence-corrected chi connectivity index (χ3v) is 14.2. The van der Waals surface area contributed by atoms with Crippen molar-refractivity contribution >= 4 is 29.3 Å². The third kappa shape index (κ3) is 8.67. The molecule has 65 heavy (non-hydrogen) atoms. The average Bonchev–Trinajstić information content (AvgIpc) is 4.16. The fourth-order valence-corrected chi connectivity index (χ4v) is 10.9. The van der Waals surface area contributed by atoms with Crippen LogP contribution in [0.25, 0.3) is 5.57 Å². The van der Waals surface area contributed by atoms with Gasteiger partial charge in [0.1, 0.15) is 55.0 Å². The molecule has 10 atom stereocenters. The lowest BCUT2D eigenvalue weighted by Crippen LogP contribution is -2.56. The second-order valence-corrected chi connectivity index (χ2v) is 18.8. The molecule has 9 rings (SSSR count). The summed E-state index contributed by atoms with van der Waals surface area (Å²) in [5.74, 6) is 2.51. The monoisotopic (exact) mass is 892 g/mol. The number of nitrogens with zero attached hydrogens (tertiary/aromatic N) is 3. The van der Waals surface area contributed by atoms with Crippen LogP contribution in [0, 0.1) is 17.8 Å². The van der Waals surface area contributed by atoms with E-state index in [4.69, 9.17) is 28.7 Å². The highest BCUT2D eigenvalue weighted by Crippen LogP contribution is 2.50. The van der Waals surface area contributed by atoms with E-state index in [9.17, 15) is 14.4 Å². The molecule has 2 aromatic rings. The van der Waals surface area contributed by atoms with Gasteiger partial charge >= 0.3 is 6.09 Å². The zero-order valence-electron chi connectivity index (χ0n) is 38.5. The van der Waals surface area contributed by atoms with E-state index in [1.165, 1.54) is 12.7 Å². The quantitative estimate of drug-likeness (QED) is 0.167. The number of likely N-dealkylation sites (tertiary alicyclic amines) is 2. The molecule has 348 valence electrons. The predicted octanol–water partition coefficient (Wildman–Crippen LogP) is 4.62. The van der Waals surface area contributed by atoms with Gasteiger partial charge < -0.3 is 54.8 Å². The number of ether oxygens (including phenoxy) is 5. The molecule has 6 aliphatic heterocycles. The minimum absolute atomic E-state index is 0.00225. The number of rotatable bonds is 14. The number of hydrogen-bond donors (Lipinski definition) is 5. The molecule has 7 aliphatic rings. The van der Waals surface area contributed by atoms with E-state index in [1.54, 1.807) is 14.2 Å². The standard InChI is InChI=1S/C49H64N8O8/c1-26(2)43(55-49(60)63-7)48(59)57-27(3)13-14-37(57)45-50-20-35(53-45)31-16-33-24-65-40-19-32(17-34-25-64-39(18-31)41(33)42(34)40)36-21-51-46(54-36)38-15-29(23-61-5)22-56(38)47(58)44(52-28(4)62-6)30-11-9-8-10-12-30/h8-12,16,18-19,21,26-29,32,35,37-38,43-44,46,51-52,54H,13-15,17,20,22-25H2,1-7H3,(H,50,53)(H,55,60)/t27-,28?,29-,32?,35?,37-,38-,43-,44+,46?/m0/s1. The van der Waals surface area contributed by atoms with Crippen LogP contribution < -0.4 is 31.3 Å². The second kappa shape index (κ2) is 18.7. The number of carbonyl (C=O) groups excluding carboxylic acids is 3. The first kappa shape index (κ1) is 44.6. The number of nitrogens with one attached hydrogen (secondary N) is 5. The smallest absolute Gasteiger partial charge is 0.407 e. The topological polar surface area (TPSA) is 176 Å². The summed E-state index contributed by atoms with van der Waals surface area (Å²) in [6, 6.07) is 12.5. The highest BCUT2D eigenvalue weighted by molar-refractivity contribution is 5.96. The number of amides is 3. The molecule has 1 aliphatic carbocycles. The third-order valence-electron chi connectivity index (χ3n) is 14.2. The van der Waals surface area contributed by atoms with Crippen LogP contribution in [0.3, 0.4) is 0 Å². The first-order valence-corrected chi connectivity index (χ1v) is 23.2. The Morgan fingerprint density at radius 1 is 1.00 bits per heavy atom. The van der Waals surface area contributed by atoms with Gasteiger partial charge in [0.15, 0.2) is 0 Å². The van der Waals surface area contributed by atoms with Crippen molar-refractivity contribution in [2.75, 3.05) is 47.6 Å². The molecule has 0 saturated carbocycles. The Morgan fingerprint density at radius 3 is 2.57 bits per heavy atom. The molecule has 4 unspecified atom stereocenters. The van der Waals surface area contributed by atoms with E-state index >= 15 is 0 Å². The lowest BCUT2D eigenvalue weighted by atomic mass is 9.79. The van der Waals surface area contributed by atoms with Gasteiger partial charge in [-0.05, 0) is 80.4 Å². The van der Waals surface area contributed by atoms with Crippen LogP contribution in [0.15, 0.2) is 76.8 Å². The maximum absolute atomic E-state index is 14.5. The lowest BCUT2D eigenvalue weighted by Gasteiger charge is -2.37. The van der Waals surface area contributed by atoms with Crippen molar-refractivity contribution in [2.45, 2.75) is 109 Å². The molecule has 0 bridgehead atoms.